The predicted octanol–water partition coefficient (Wildman–Crippen LogP) is 3.38. The third kappa shape index (κ3) is 2.39. The number of hydrogen-bond acceptors (Lipinski definition) is 4. The van der Waals surface area contributed by atoms with E-state index in [0.29, 0.717) is 16.5 Å². The third-order valence-electron chi connectivity index (χ3n) is 3.65. The van der Waals surface area contributed by atoms with Crippen molar-refractivity contribution < 1.29 is 0 Å². The van der Waals surface area contributed by atoms with Gasteiger partial charge < -0.3 is 0 Å². The Kier molecular flexibility index (Phi) is 3.70. The van der Waals surface area contributed by atoms with Crippen LogP contribution in [0.2, 0.25) is 5.15 Å². The van der Waals surface area contributed by atoms with Crippen molar-refractivity contribution in [3.63, 3.8) is 0 Å². The first kappa shape index (κ1) is 14.7. The average Bonchev–Trinajstić information content (AvgIpc) is 3.09. The summed E-state index contributed by atoms with van der Waals surface area (Å²) in [7, 11) is 0. The maximum Gasteiger partial charge on any atom is 0.209 e. The molecule has 0 atom stereocenters. The molecule has 0 saturated carbocycles. The van der Waals surface area contributed by atoms with Gasteiger partial charge in [0, 0.05) is 0 Å². The van der Waals surface area contributed by atoms with Gasteiger partial charge in [-0.25, -0.2) is 4.68 Å². The topological polar surface area (TPSA) is 61.4 Å². The highest BCUT2D eigenvalue weighted by Gasteiger charge is 2.18. The summed E-state index contributed by atoms with van der Waals surface area (Å²) in [6, 6.07) is 6.19. The van der Waals surface area contributed by atoms with Crippen LogP contribution in [0.15, 0.2) is 24.4 Å². The summed E-state index contributed by atoms with van der Waals surface area (Å²) in [6.07, 6.45) is 1.67. The Hall–Kier alpha value is -2.21. The number of aryl methyl sites for hydroxylation is 1. The minimum Gasteiger partial charge on any atom is -0.221 e. The fraction of sp³-hybridized carbons (Fsp3) is 0.333. The average molecular weight is 317 g/mol. The number of nitrogens with zero attached hydrogens (tertiary/aromatic N) is 6. The van der Waals surface area contributed by atoms with E-state index in [1.807, 2.05) is 26.0 Å². The van der Waals surface area contributed by atoms with E-state index in [2.05, 4.69) is 40.4 Å². The van der Waals surface area contributed by atoms with Crippen molar-refractivity contribution >= 4 is 11.6 Å². The van der Waals surface area contributed by atoms with Crippen LogP contribution < -0.4 is 0 Å². The lowest BCUT2D eigenvalue weighted by atomic mass is 10.1. The summed E-state index contributed by atoms with van der Waals surface area (Å²) < 4.78 is 1.70. The number of rotatable bonds is 3. The molecule has 0 aliphatic carbocycles. The lowest BCUT2D eigenvalue weighted by molar-refractivity contribution is 0.455. The van der Waals surface area contributed by atoms with Gasteiger partial charge >= 0.3 is 0 Å². The lowest BCUT2D eigenvalue weighted by Gasteiger charge is -2.09. The molecule has 2 aromatic heterocycles. The zero-order chi connectivity index (χ0) is 15.9. The van der Waals surface area contributed by atoms with Gasteiger partial charge in [0.05, 0.1) is 23.5 Å². The number of aromatic nitrogens is 6. The van der Waals surface area contributed by atoms with Crippen molar-refractivity contribution in [1.82, 2.24) is 30.0 Å². The van der Waals surface area contributed by atoms with Crippen LogP contribution in [0.4, 0.5) is 0 Å². The second kappa shape index (κ2) is 5.53. The van der Waals surface area contributed by atoms with Gasteiger partial charge in [-0.3, -0.25) is 0 Å². The molecule has 0 fully saturated rings. The molecule has 114 valence electrons. The van der Waals surface area contributed by atoms with Crippen molar-refractivity contribution in [2.24, 2.45) is 0 Å². The van der Waals surface area contributed by atoms with Gasteiger partial charge in [-0.15, -0.1) is 10.2 Å². The van der Waals surface area contributed by atoms with E-state index in [0.717, 1.165) is 11.3 Å². The van der Waals surface area contributed by atoms with Crippen LogP contribution in [0.1, 0.15) is 31.0 Å². The van der Waals surface area contributed by atoms with Gasteiger partial charge in [-0.05, 0) is 50.1 Å². The van der Waals surface area contributed by atoms with Crippen LogP contribution in [0, 0.1) is 13.8 Å². The van der Waals surface area contributed by atoms with E-state index < -0.39 is 0 Å². The fourth-order valence-corrected chi connectivity index (χ4v) is 2.44. The largest absolute Gasteiger partial charge is 0.221 e. The summed E-state index contributed by atoms with van der Waals surface area (Å²) in [5.41, 5.74) is 3.95. The standard InChI is InChI=1S/C15H17ClN6/c1-9(2)22-19-15(18-20-22)12-8-17-21(14(12)16)13-7-5-6-10(3)11(13)4/h5-9H,1-4H3. The fourth-order valence-electron chi connectivity index (χ4n) is 2.17. The van der Waals surface area contributed by atoms with E-state index in [4.69, 9.17) is 11.6 Å². The number of halogens is 1. The Bertz CT molecular complexity index is 817. The van der Waals surface area contributed by atoms with Crippen molar-refractivity contribution in [2.75, 3.05) is 0 Å². The zero-order valence-electron chi connectivity index (χ0n) is 12.9. The molecular weight excluding hydrogens is 300 g/mol. The van der Waals surface area contributed by atoms with Crippen LogP contribution in [0.5, 0.6) is 0 Å². The molecule has 0 unspecified atom stereocenters. The Morgan fingerprint density at radius 3 is 2.64 bits per heavy atom. The summed E-state index contributed by atoms with van der Waals surface area (Å²) in [5.74, 6) is 0.482. The minimum atomic E-state index is 0.147. The van der Waals surface area contributed by atoms with E-state index >= 15 is 0 Å². The van der Waals surface area contributed by atoms with Crippen LogP contribution in [-0.4, -0.2) is 30.0 Å². The highest BCUT2D eigenvalue weighted by molar-refractivity contribution is 6.32. The zero-order valence-corrected chi connectivity index (χ0v) is 13.7. The Labute approximate surface area is 133 Å². The number of tetrazole rings is 1. The molecule has 0 aliphatic rings. The molecule has 0 spiro atoms. The van der Waals surface area contributed by atoms with Gasteiger partial charge in [-0.2, -0.15) is 9.90 Å². The van der Waals surface area contributed by atoms with E-state index in [1.54, 1.807) is 15.7 Å². The van der Waals surface area contributed by atoms with Crippen molar-refractivity contribution in [2.45, 2.75) is 33.7 Å². The molecule has 7 heteroatoms. The van der Waals surface area contributed by atoms with Crippen molar-refractivity contribution in [3.8, 4) is 17.1 Å². The van der Waals surface area contributed by atoms with Crippen LogP contribution in [0.3, 0.4) is 0 Å². The summed E-state index contributed by atoms with van der Waals surface area (Å²) in [4.78, 5) is 1.56. The SMILES string of the molecule is Cc1cccc(-n2ncc(-c3nnn(C(C)C)n3)c2Cl)c1C. The van der Waals surface area contributed by atoms with E-state index in [-0.39, 0.29) is 6.04 Å². The summed E-state index contributed by atoms with van der Waals surface area (Å²) in [5, 5.41) is 17.3. The van der Waals surface area contributed by atoms with Crippen LogP contribution >= 0.6 is 11.6 Å². The van der Waals surface area contributed by atoms with Gasteiger partial charge in [0.15, 0.2) is 0 Å². The molecule has 0 saturated heterocycles. The molecule has 0 amide bonds. The Morgan fingerprint density at radius 2 is 1.95 bits per heavy atom. The van der Waals surface area contributed by atoms with Crippen LogP contribution in [-0.2, 0) is 0 Å². The van der Waals surface area contributed by atoms with Gasteiger partial charge in [0.25, 0.3) is 0 Å². The van der Waals surface area contributed by atoms with Gasteiger partial charge in [0.2, 0.25) is 5.82 Å². The second-order valence-electron chi connectivity index (χ2n) is 5.51. The molecular formula is C15H17ClN6. The van der Waals surface area contributed by atoms with Gasteiger partial charge in [-0.1, -0.05) is 23.7 Å². The smallest absolute Gasteiger partial charge is 0.209 e. The van der Waals surface area contributed by atoms with Gasteiger partial charge in [0.1, 0.15) is 5.15 Å². The van der Waals surface area contributed by atoms with Crippen LogP contribution in [0.25, 0.3) is 17.1 Å². The first-order valence-electron chi connectivity index (χ1n) is 7.09. The minimum absolute atomic E-state index is 0.147. The Morgan fingerprint density at radius 1 is 1.18 bits per heavy atom. The molecule has 3 rings (SSSR count). The molecule has 0 aliphatic heterocycles. The number of benzene rings is 1. The quantitative estimate of drug-likeness (QED) is 0.743. The van der Waals surface area contributed by atoms with E-state index in [9.17, 15) is 0 Å². The first-order valence-corrected chi connectivity index (χ1v) is 7.47. The molecule has 0 bridgehead atoms. The lowest BCUT2D eigenvalue weighted by Crippen LogP contribution is -2.04. The molecule has 3 aromatic rings. The molecule has 6 nitrogen and oxygen atoms in total. The van der Waals surface area contributed by atoms with Crippen molar-refractivity contribution in [1.29, 1.82) is 0 Å². The summed E-state index contributed by atoms with van der Waals surface area (Å²) in [6.45, 7) is 8.10. The normalized spacial score (nSPS) is 11.4. The second-order valence-corrected chi connectivity index (χ2v) is 5.87. The highest BCUT2D eigenvalue weighted by Crippen LogP contribution is 2.28. The molecule has 1 aromatic carbocycles. The maximum absolute atomic E-state index is 6.49. The van der Waals surface area contributed by atoms with E-state index in [1.165, 1.54) is 5.56 Å². The van der Waals surface area contributed by atoms with Crippen molar-refractivity contribution in [3.05, 3.63) is 40.7 Å². The molecule has 0 N–H and O–H groups in total. The number of hydrogen-bond donors (Lipinski definition) is 0. The first-order chi connectivity index (χ1) is 10.5. The maximum atomic E-state index is 6.49. The molecule has 2 heterocycles. The highest BCUT2D eigenvalue weighted by atomic mass is 35.5. The monoisotopic (exact) mass is 316 g/mol. The predicted molar refractivity (Wildman–Crippen MR) is 85.2 cm³/mol. The molecule has 0 radical (unpaired) electrons. The summed E-state index contributed by atoms with van der Waals surface area (Å²) >= 11 is 6.49. The molecule has 22 heavy (non-hydrogen) atoms. The Balaban J connectivity index is 2.07. The third-order valence-corrected chi connectivity index (χ3v) is 4.01.